The highest BCUT2D eigenvalue weighted by Gasteiger charge is 2.39. The van der Waals surface area contributed by atoms with Crippen molar-refractivity contribution in [2.24, 2.45) is 0 Å². The van der Waals surface area contributed by atoms with Crippen LogP contribution >= 0.6 is 0 Å². The van der Waals surface area contributed by atoms with Crippen LogP contribution in [0.2, 0.25) is 0 Å². The molecule has 0 aromatic heterocycles. The molecule has 1 rings (SSSR count). The number of benzene rings is 1. The first-order valence-corrected chi connectivity index (χ1v) is 6.69. The minimum Gasteiger partial charge on any atom is -0.495 e. The fourth-order valence-electron chi connectivity index (χ4n) is 2.49. The van der Waals surface area contributed by atoms with E-state index in [2.05, 4.69) is 6.92 Å². The Labute approximate surface area is 114 Å². The second kappa shape index (κ2) is 6.45. The molecule has 0 saturated heterocycles. The summed E-state index contributed by atoms with van der Waals surface area (Å²) >= 11 is 0. The number of para-hydroxylation sites is 1. The maximum atomic E-state index is 11.8. The van der Waals surface area contributed by atoms with E-state index in [-0.39, 0.29) is 0 Å². The van der Waals surface area contributed by atoms with Crippen LogP contribution in [0.5, 0.6) is 5.75 Å². The van der Waals surface area contributed by atoms with Crippen LogP contribution in [0.3, 0.4) is 0 Å². The maximum absolute atomic E-state index is 11.8. The van der Waals surface area contributed by atoms with Crippen LogP contribution in [0.1, 0.15) is 45.1 Å². The van der Waals surface area contributed by atoms with Gasteiger partial charge in [0.1, 0.15) is 5.75 Å². The van der Waals surface area contributed by atoms with Crippen molar-refractivity contribution in [2.45, 2.75) is 44.9 Å². The Balaban J connectivity index is 3.35. The second-order valence-corrected chi connectivity index (χ2v) is 4.77. The fraction of sp³-hybridized carbons (Fsp3) is 0.533. The number of carboxylic acids is 1. The van der Waals surface area contributed by atoms with Gasteiger partial charge in [0.05, 0.1) is 18.2 Å². The molecule has 1 aromatic rings. The normalized spacial score (nSPS) is 13.8. The first-order chi connectivity index (χ1) is 9.03. The Bertz CT molecular complexity index is 445. The fourth-order valence-corrected chi connectivity index (χ4v) is 2.49. The van der Waals surface area contributed by atoms with E-state index in [9.17, 15) is 9.90 Å². The van der Waals surface area contributed by atoms with Crippen molar-refractivity contribution >= 4 is 11.7 Å². The van der Waals surface area contributed by atoms with Gasteiger partial charge < -0.3 is 15.6 Å². The van der Waals surface area contributed by atoms with Crippen LogP contribution in [0.15, 0.2) is 18.2 Å². The molecule has 0 bridgehead atoms. The molecule has 3 N–H and O–H groups in total. The summed E-state index contributed by atoms with van der Waals surface area (Å²) < 4.78 is 5.19. The van der Waals surface area contributed by atoms with Gasteiger partial charge in [0, 0.05) is 0 Å². The van der Waals surface area contributed by atoms with Gasteiger partial charge in [-0.05, 0) is 24.5 Å². The van der Waals surface area contributed by atoms with E-state index in [1.165, 1.54) is 7.11 Å². The number of nitrogen functional groups attached to an aromatic ring is 1. The highest BCUT2D eigenvalue weighted by molar-refractivity contribution is 5.84. The number of hydrogen-bond acceptors (Lipinski definition) is 3. The first kappa shape index (κ1) is 15.3. The lowest BCUT2D eigenvalue weighted by atomic mass is 9.73. The molecule has 0 heterocycles. The van der Waals surface area contributed by atoms with E-state index in [1.807, 2.05) is 6.92 Å². The Morgan fingerprint density at radius 1 is 1.42 bits per heavy atom. The van der Waals surface area contributed by atoms with Crippen molar-refractivity contribution < 1.29 is 14.6 Å². The van der Waals surface area contributed by atoms with Crippen molar-refractivity contribution in [1.82, 2.24) is 0 Å². The molecule has 1 unspecified atom stereocenters. The summed E-state index contributed by atoms with van der Waals surface area (Å²) in [5.41, 5.74) is 6.25. The second-order valence-electron chi connectivity index (χ2n) is 4.77. The monoisotopic (exact) mass is 265 g/mol. The number of methoxy groups -OCH3 is 1. The summed E-state index contributed by atoms with van der Waals surface area (Å²) in [5.74, 6) is -0.281. The van der Waals surface area contributed by atoms with E-state index in [4.69, 9.17) is 10.5 Å². The molecular formula is C15H23NO3. The molecule has 0 aliphatic rings. The standard InChI is InChI=1S/C15H23NO3/c1-4-6-10-15(5-2,14(17)18)11-8-7-9-12(19-3)13(11)16/h7-9H,4-6,10,16H2,1-3H3,(H,17,18). The number of nitrogens with two attached hydrogens (primary N) is 1. The van der Waals surface area contributed by atoms with E-state index < -0.39 is 11.4 Å². The summed E-state index contributed by atoms with van der Waals surface area (Å²) in [4.78, 5) is 11.8. The average molecular weight is 265 g/mol. The zero-order chi connectivity index (χ0) is 14.5. The largest absolute Gasteiger partial charge is 0.495 e. The summed E-state index contributed by atoms with van der Waals surface area (Å²) in [6, 6.07) is 5.34. The van der Waals surface area contributed by atoms with E-state index in [0.717, 1.165) is 12.8 Å². The Hall–Kier alpha value is -1.71. The van der Waals surface area contributed by atoms with Crippen molar-refractivity contribution in [3.63, 3.8) is 0 Å². The number of carboxylic acid groups (broad SMARTS) is 1. The van der Waals surface area contributed by atoms with Gasteiger partial charge in [-0.1, -0.05) is 38.8 Å². The van der Waals surface area contributed by atoms with Crippen molar-refractivity contribution in [2.75, 3.05) is 12.8 Å². The molecule has 0 aliphatic heterocycles. The molecule has 1 atom stereocenters. The van der Waals surface area contributed by atoms with E-state index in [1.54, 1.807) is 18.2 Å². The van der Waals surface area contributed by atoms with Crippen LogP contribution in [-0.2, 0) is 10.2 Å². The average Bonchev–Trinajstić information content (AvgIpc) is 2.41. The van der Waals surface area contributed by atoms with Crippen LogP contribution in [-0.4, -0.2) is 18.2 Å². The van der Waals surface area contributed by atoms with Crippen LogP contribution in [0.4, 0.5) is 5.69 Å². The molecule has 0 saturated carbocycles. The number of aliphatic carboxylic acids is 1. The number of anilines is 1. The number of ether oxygens (including phenoxy) is 1. The lowest BCUT2D eigenvalue weighted by Gasteiger charge is -2.30. The third-order valence-corrected chi connectivity index (χ3v) is 3.77. The minimum absolute atomic E-state index is 0.436. The topological polar surface area (TPSA) is 72.5 Å². The van der Waals surface area contributed by atoms with E-state index in [0.29, 0.717) is 29.8 Å². The van der Waals surface area contributed by atoms with Gasteiger partial charge in [0.2, 0.25) is 0 Å². The molecule has 1 aromatic carbocycles. The van der Waals surface area contributed by atoms with Gasteiger partial charge in [-0.15, -0.1) is 0 Å². The SMILES string of the molecule is CCCCC(CC)(C(=O)O)c1cccc(OC)c1N. The summed E-state index contributed by atoms with van der Waals surface area (Å²) in [6.45, 7) is 3.94. The van der Waals surface area contributed by atoms with Crippen molar-refractivity contribution in [1.29, 1.82) is 0 Å². The molecule has 0 spiro atoms. The van der Waals surface area contributed by atoms with Gasteiger partial charge in [-0.3, -0.25) is 4.79 Å². The summed E-state index contributed by atoms with van der Waals surface area (Å²) in [7, 11) is 1.54. The molecule has 0 fully saturated rings. The van der Waals surface area contributed by atoms with Gasteiger partial charge in [-0.25, -0.2) is 0 Å². The van der Waals surface area contributed by atoms with Crippen LogP contribution < -0.4 is 10.5 Å². The first-order valence-electron chi connectivity index (χ1n) is 6.69. The quantitative estimate of drug-likeness (QED) is 0.742. The Kier molecular flexibility index (Phi) is 5.21. The number of carbonyl (C=O) groups is 1. The van der Waals surface area contributed by atoms with Gasteiger partial charge >= 0.3 is 5.97 Å². The van der Waals surface area contributed by atoms with Gasteiger partial charge in [0.25, 0.3) is 0 Å². The predicted octanol–water partition coefficient (Wildman–Crippen LogP) is 3.20. The number of rotatable bonds is 7. The Morgan fingerprint density at radius 3 is 2.58 bits per heavy atom. The number of hydrogen-bond donors (Lipinski definition) is 2. The third kappa shape index (κ3) is 2.83. The zero-order valence-corrected chi connectivity index (χ0v) is 11.9. The smallest absolute Gasteiger partial charge is 0.314 e. The lowest BCUT2D eigenvalue weighted by Crippen LogP contribution is -2.36. The highest BCUT2D eigenvalue weighted by atomic mass is 16.5. The van der Waals surface area contributed by atoms with Gasteiger partial charge in [-0.2, -0.15) is 0 Å². The zero-order valence-electron chi connectivity index (χ0n) is 11.9. The third-order valence-electron chi connectivity index (χ3n) is 3.77. The van der Waals surface area contributed by atoms with Gasteiger partial charge in [0.15, 0.2) is 0 Å². The van der Waals surface area contributed by atoms with Crippen molar-refractivity contribution in [3.05, 3.63) is 23.8 Å². The summed E-state index contributed by atoms with van der Waals surface area (Å²) in [5, 5.41) is 9.70. The molecule has 4 nitrogen and oxygen atoms in total. The predicted molar refractivity (Wildman–Crippen MR) is 76.5 cm³/mol. The van der Waals surface area contributed by atoms with Crippen LogP contribution in [0, 0.1) is 0 Å². The molecule has 4 heteroatoms. The molecule has 106 valence electrons. The number of unbranched alkanes of at least 4 members (excludes halogenated alkanes) is 1. The molecule has 0 radical (unpaired) electrons. The summed E-state index contributed by atoms with van der Waals surface area (Å²) in [6.07, 6.45) is 2.92. The molecule has 0 aliphatic carbocycles. The highest BCUT2D eigenvalue weighted by Crippen LogP contribution is 2.40. The van der Waals surface area contributed by atoms with E-state index >= 15 is 0 Å². The molecule has 19 heavy (non-hydrogen) atoms. The van der Waals surface area contributed by atoms with Crippen LogP contribution in [0.25, 0.3) is 0 Å². The molecular weight excluding hydrogens is 242 g/mol. The minimum atomic E-state index is -0.922. The molecule has 0 amide bonds. The lowest BCUT2D eigenvalue weighted by molar-refractivity contribution is -0.144. The maximum Gasteiger partial charge on any atom is 0.314 e. The van der Waals surface area contributed by atoms with Crippen molar-refractivity contribution in [3.8, 4) is 5.75 Å². The Morgan fingerprint density at radius 2 is 2.11 bits per heavy atom.